The zero-order chi connectivity index (χ0) is 16.9. The molecule has 0 amide bonds. The summed E-state index contributed by atoms with van der Waals surface area (Å²) in [4.78, 5) is 2.37. The van der Waals surface area contributed by atoms with Crippen LogP contribution < -0.4 is 0 Å². The van der Waals surface area contributed by atoms with Crippen LogP contribution in [0.2, 0.25) is 0 Å². The highest BCUT2D eigenvalue weighted by Gasteiger charge is 2.25. The fraction of sp³-hybridized carbons (Fsp3) is 0.700. The van der Waals surface area contributed by atoms with Crippen molar-refractivity contribution in [3.8, 4) is 0 Å². The Labute approximate surface area is 145 Å². The van der Waals surface area contributed by atoms with Crippen molar-refractivity contribution >= 4 is 0 Å². The van der Waals surface area contributed by atoms with Crippen LogP contribution in [0.25, 0.3) is 0 Å². The standard InChI is InChI=1S/C20H31NO3/c1-15-11-16(2)13-17(12-15)20(22)14-21-7-3-18(4-8-21)24-19-5-9-23-10-6-19/h11-13,18-20,22H,3-10,14H2,1-2H3. The number of benzene rings is 1. The quantitative estimate of drug-likeness (QED) is 0.899. The smallest absolute Gasteiger partial charge is 0.0917 e. The number of hydrogen-bond donors (Lipinski definition) is 1. The Morgan fingerprint density at radius 1 is 1.04 bits per heavy atom. The van der Waals surface area contributed by atoms with Gasteiger partial charge >= 0.3 is 0 Å². The van der Waals surface area contributed by atoms with Crippen molar-refractivity contribution in [3.05, 3.63) is 34.9 Å². The van der Waals surface area contributed by atoms with Gasteiger partial charge in [-0.15, -0.1) is 0 Å². The number of piperidine rings is 1. The highest BCUT2D eigenvalue weighted by molar-refractivity contribution is 5.30. The average molecular weight is 333 g/mol. The Hall–Kier alpha value is -0.940. The molecule has 0 aliphatic carbocycles. The molecule has 1 atom stereocenters. The Kier molecular flexibility index (Phi) is 6.28. The molecule has 4 nitrogen and oxygen atoms in total. The average Bonchev–Trinajstić information content (AvgIpc) is 2.57. The van der Waals surface area contributed by atoms with E-state index in [9.17, 15) is 5.11 Å². The van der Waals surface area contributed by atoms with Crippen molar-refractivity contribution in [1.82, 2.24) is 4.90 Å². The maximum atomic E-state index is 10.6. The molecule has 3 rings (SSSR count). The first-order chi connectivity index (χ1) is 11.6. The molecule has 2 fully saturated rings. The SMILES string of the molecule is Cc1cc(C)cc(C(O)CN2CCC(OC3CCOCC3)CC2)c1. The Bertz CT molecular complexity index is 499. The van der Waals surface area contributed by atoms with E-state index in [1.165, 1.54) is 11.1 Å². The van der Waals surface area contributed by atoms with Crippen LogP contribution in [0, 0.1) is 13.8 Å². The lowest BCUT2D eigenvalue weighted by molar-refractivity contribution is -0.0864. The van der Waals surface area contributed by atoms with Crippen molar-refractivity contribution in [1.29, 1.82) is 0 Å². The normalized spacial score (nSPS) is 22.6. The predicted molar refractivity (Wildman–Crippen MR) is 95.3 cm³/mol. The maximum absolute atomic E-state index is 10.6. The second-order valence-electron chi connectivity index (χ2n) is 7.38. The van der Waals surface area contributed by atoms with Crippen molar-refractivity contribution in [2.24, 2.45) is 0 Å². The van der Waals surface area contributed by atoms with Crippen LogP contribution in [0.4, 0.5) is 0 Å². The summed E-state index contributed by atoms with van der Waals surface area (Å²) >= 11 is 0. The Morgan fingerprint density at radius 2 is 1.62 bits per heavy atom. The molecule has 24 heavy (non-hydrogen) atoms. The van der Waals surface area contributed by atoms with Crippen LogP contribution in [0.3, 0.4) is 0 Å². The summed E-state index contributed by atoms with van der Waals surface area (Å²) in [5.74, 6) is 0. The van der Waals surface area contributed by atoms with Gasteiger partial charge in [-0.3, -0.25) is 0 Å². The second-order valence-corrected chi connectivity index (χ2v) is 7.38. The molecule has 1 aromatic carbocycles. The second kappa shape index (κ2) is 8.43. The number of β-amino-alcohol motifs (C(OH)–C–C–N with tert-alkyl or cyclic N) is 1. The summed E-state index contributed by atoms with van der Waals surface area (Å²) in [7, 11) is 0. The molecule has 4 heteroatoms. The van der Waals surface area contributed by atoms with E-state index in [0.717, 1.165) is 57.6 Å². The topological polar surface area (TPSA) is 41.9 Å². The first-order valence-electron chi connectivity index (χ1n) is 9.32. The summed E-state index contributed by atoms with van der Waals surface area (Å²) in [5.41, 5.74) is 3.47. The molecule has 0 spiro atoms. The summed E-state index contributed by atoms with van der Waals surface area (Å²) in [5, 5.41) is 10.6. The predicted octanol–water partition coefficient (Wildman–Crippen LogP) is 3.00. The minimum Gasteiger partial charge on any atom is -0.387 e. The lowest BCUT2D eigenvalue weighted by Crippen LogP contribution is -2.41. The number of hydrogen-bond acceptors (Lipinski definition) is 4. The molecule has 2 aliphatic heterocycles. The molecule has 0 saturated carbocycles. The van der Waals surface area contributed by atoms with Crippen LogP contribution in [0.1, 0.15) is 48.5 Å². The number of ether oxygens (including phenoxy) is 2. The lowest BCUT2D eigenvalue weighted by Gasteiger charge is -2.35. The number of aryl methyl sites for hydroxylation is 2. The molecule has 2 saturated heterocycles. The van der Waals surface area contributed by atoms with Gasteiger partial charge in [0, 0.05) is 32.8 Å². The van der Waals surface area contributed by atoms with E-state index in [-0.39, 0.29) is 0 Å². The first kappa shape index (κ1) is 17.9. The molecule has 0 radical (unpaired) electrons. The van der Waals surface area contributed by atoms with Gasteiger partial charge in [0.25, 0.3) is 0 Å². The van der Waals surface area contributed by atoms with Gasteiger partial charge in [0.15, 0.2) is 0 Å². The summed E-state index contributed by atoms with van der Waals surface area (Å²) in [6.45, 7) is 8.58. The molecule has 0 aromatic heterocycles. The van der Waals surface area contributed by atoms with Crippen LogP contribution in [-0.2, 0) is 9.47 Å². The van der Waals surface area contributed by atoms with Crippen molar-refractivity contribution in [2.75, 3.05) is 32.8 Å². The van der Waals surface area contributed by atoms with Crippen molar-refractivity contribution in [3.63, 3.8) is 0 Å². The first-order valence-corrected chi connectivity index (χ1v) is 9.32. The molecule has 0 bridgehead atoms. The van der Waals surface area contributed by atoms with E-state index < -0.39 is 6.10 Å². The third-order valence-corrected chi connectivity index (χ3v) is 5.15. The van der Waals surface area contributed by atoms with Gasteiger partial charge in [-0.05, 0) is 45.1 Å². The molecule has 2 aliphatic rings. The van der Waals surface area contributed by atoms with E-state index in [2.05, 4.69) is 36.9 Å². The van der Waals surface area contributed by atoms with Gasteiger partial charge in [-0.1, -0.05) is 29.3 Å². The monoisotopic (exact) mass is 333 g/mol. The van der Waals surface area contributed by atoms with Gasteiger partial charge in [-0.2, -0.15) is 0 Å². The molecule has 1 unspecified atom stereocenters. The minimum absolute atomic E-state index is 0.378. The Balaban J connectivity index is 1.44. The van der Waals surface area contributed by atoms with Crippen molar-refractivity contribution < 1.29 is 14.6 Å². The largest absolute Gasteiger partial charge is 0.387 e. The van der Waals surface area contributed by atoms with E-state index in [4.69, 9.17) is 9.47 Å². The molecular formula is C20H31NO3. The highest BCUT2D eigenvalue weighted by atomic mass is 16.5. The maximum Gasteiger partial charge on any atom is 0.0917 e. The number of aliphatic hydroxyl groups is 1. The summed E-state index contributed by atoms with van der Waals surface area (Å²) < 4.78 is 11.6. The summed E-state index contributed by atoms with van der Waals surface area (Å²) in [6.07, 6.45) is 4.56. The number of nitrogens with zero attached hydrogens (tertiary/aromatic N) is 1. The van der Waals surface area contributed by atoms with Crippen molar-refractivity contribution in [2.45, 2.75) is 57.8 Å². The molecule has 1 N–H and O–H groups in total. The van der Waals surface area contributed by atoms with Gasteiger partial charge < -0.3 is 19.5 Å². The summed E-state index contributed by atoms with van der Waals surface area (Å²) in [6, 6.07) is 6.34. The van der Waals surface area contributed by atoms with E-state index in [1.54, 1.807) is 0 Å². The van der Waals surface area contributed by atoms with Gasteiger partial charge in [-0.25, -0.2) is 0 Å². The van der Waals surface area contributed by atoms with Crippen LogP contribution in [-0.4, -0.2) is 55.1 Å². The number of likely N-dealkylation sites (tertiary alicyclic amines) is 1. The minimum atomic E-state index is -0.406. The number of aliphatic hydroxyl groups excluding tert-OH is 1. The zero-order valence-corrected chi connectivity index (χ0v) is 15.0. The molecule has 1 aromatic rings. The van der Waals surface area contributed by atoms with E-state index >= 15 is 0 Å². The third kappa shape index (κ3) is 5.03. The Morgan fingerprint density at radius 3 is 2.25 bits per heavy atom. The van der Waals surface area contributed by atoms with Gasteiger partial charge in [0.2, 0.25) is 0 Å². The molecular weight excluding hydrogens is 302 g/mol. The molecule has 2 heterocycles. The zero-order valence-electron chi connectivity index (χ0n) is 15.0. The lowest BCUT2D eigenvalue weighted by atomic mass is 10.0. The van der Waals surface area contributed by atoms with Gasteiger partial charge in [0.1, 0.15) is 0 Å². The highest BCUT2D eigenvalue weighted by Crippen LogP contribution is 2.23. The molecule has 134 valence electrons. The van der Waals surface area contributed by atoms with Crippen LogP contribution in [0.15, 0.2) is 18.2 Å². The fourth-order valence-corrected chi connectivity index (χ4v) is 3.86. The van der Waals surface area contributed by atoms with Crippen LogP contribution >= 0.6 is 0 Å². The van der Waals surface area contributed by atoms with E-state index in [0.29, 0.717) is 18.8 Å². The number of rotatable bonds is 5. The van der Waals surface area contributed by atoms with Gasteiger partial charge in [0.05, 0.1) is 18.3 Å². The van der Waals surface area contributed by atoms with Crippen LogP contribution in [0.5, 0.6) is 0 Å². The van der Waals surface area contributed by atoms with E-state index in [1.807, 2.05) is 0 Å². The fourth-order valence-electron chi connectivity index (χ4n) is 3.86. The third-order valence-electron chi connectivity index (χ3n) is 5.15.